The lowest BCUT2D eigenvalue weighted by Crippen LogP contribution is -2.39. The molecule has 0 spiro atoms. The molecule has 6 heteroatoms. The van der Waals surface area contributed by atoms with Crippen LogP contribution in [0, 0.1) is 11.3 Å². The highest BCUT2D eigenvalue weighted by atomic mass is 16.6. The fourth-order valence-corrected chi connectivity index (χ4v) is 1.56. The van der Waals surface area contributed by atoms with Gasteiger partial charge in [0.25, 0.3) is 0 Å². The van der Waals surface area contributed by atoms with Crippen molar-refractivity contribution < 1.29 is 19.1 Å². The van der Waals surface area contributed by atoms with Crippen LogP contribution in [0.25, 0.3) is 0 Å². The molecule has 0 aromatic heterocycles. The maximum Gasteiger partial charge on any atom is 0.407 e. The van der Waals surface area contributed by atoms with Gasteiger partial charge in [-0.15, -0.1) is 0 Å². The van der Waals surface area contributed by atoms with E-state index in [1.807, 2.05) is 27.7 Å². The minimum Gasteiger partial charge on any atom is -0.449 e. The van der Waals surface area contributed by atoms with Gasteiger partial charge in [0.05, 0.1) is 0 Å². The zero-order valence-corrected chi connectivity index (χ0v) is 12.3. The highest BCUT2D eigenvalue weighted by molar-refractivity contribution is 5.67. The van der Waals surface area contributed by atoms with Crippen LogP contribution in [-0.2, 0) is 9.47 Å². The van der Waals surface area contributed by atoms with E-state index in [2.05, 4.69) is 5.32 Å². The number of primary amides is 1. The molecule has 0 rings (SSSR count). The summed E-state index contributed by atoms with van der Waals surface area (Å²) in [7, 11) is 0. The smallest absolute Gasteiger partial charge is 0.407 e. The first-order chi connectivity index (χ1) is 8.85. The molecule has 2 amide bonds. The number of ether oxygens (including phenoxy) is 2. The van der Waals surface area contributed by atoms with E-state index in [9.17, 15) is 9.59 Å². The average molecular weight is 274 g/mol. The molecule has 0 aliphatic heterocycles. The van der Waals surface area contributed by atoms with Gasteiger partial charge < -0.3 is 20.5 Å². The fourth-order valence-electron chi connectivity index (χ4n) is 1.56. The van der Waals surface area contributed by atoms with E-state index in [1.165, 1.54) is 0 Å². The second kappa shape index (κ2) is 8.61. The van der Waals surface area contributed by atoms with Crippen molar-refractivity contribution in [3.63, 3.8) is 0 Å². The summed E-state index contributed by atoms with van der Waals surface area (Å²) in [5, 5.41) is 2.63. The van der Waals surface area contributed by atoms with Crippen LogP contribution in [0.15, 0.2) is 0 Å². The molecule has 0 heterocycles. The molecule has 0 radical (unpaired) electrons. The molecule has 0 aliphatic carbocycles. The van der Waals surface area contributed by atoms with Gasteiger partial charge in [-0.25, -0.2) is 9.59 Å². The lowest BCUT2D eigenvalue weighted by Gasteiger charge is -2.33. The molecule has 0 aromatic carbocycles. The molecular weight excluding hydrogens is 248 g/mol. The van der Waals surface area contributed by atoms with Crippen molar-refractivity contribution in [3.05, 3.63) is 0 Å². The van der Waals surface area contributed by atoms with E-state index in [-0.39, 0.29) is 19.1 Å². The third kappa shape index (κ3) is 6.88. The summed E-state index contributed by atoms with van der Waals surface area (Å²) in [5.74, 6) is 0.228. The number of hydrogen-bond donors (Lipinski definition) is 2. The number of hydrogen-bond acceptors (Lipinski definition) is 4. The van der Waals surface area contributed by atoms with E-state index in [0.29, 0.717) is 6.54 Å². The molecule has 3 N–H and O–H groups in total. The van der Waals surface area contributed by atoms with E-state index in [1.54, 1.807) is 0 Å². The van der Waals surface area contributed by atoms with Crippen LogP contribution in [0.2, 0.25) is 0 Å². The minimum absolute atomic E-state index is 0.137. The zero-order valence-electron chi connectivity index (χ0n) is 12.3. The molecular formula is C13H26N2O4. The van der Waals surface area contributed by atoms with Crippen molar-refractivity contribution >= 4 is 12.2 Å². The van der Waals surface area contributed by atoms with Gasteiger partial charge in [0.15, 0.2) is 0 Å². The maximum absolute atomic E-state index is 11.4. The Kier molecular flexibility index (Phi) is 7.95. The number of amides is 2. The molecule has 2 atom stereocenters. The van der Waals surface area contributed by atoms with Gasteiger partial charge in [0.2, 0.25) is 0 Å². The lowest BCUT2D eigenvalue weighted by atomic mass is 9.78. The molecule has 0 fully saturated rings. The Bertz CT molecular complexity index is 296. The monoisotopic (exact) mass is 274 g/mol. The first kappa shape index (κ1) is 17.5. The fraction of sp³-hybridized carbons (Fsp3) is 0.846. The summed E-state index contributed by atoms with van der Waals surface area (Å²) >= 11 is 0. The molecule has 6 nitrogen and oxygen atoms in total. The number of carbonyl (C=O) groups is 2. The predicted molar refractivity (Wildman–Crippen MR) is 72.7 cm³/mol. The molecule has 0 saturated carbocycles. The van der Waals surface area contributed by atoms with E-state index in [4.69, 9.17) is 15.2 Å². The molecule has 0 aromatic rings. The Labute approximate surface area is 115 Å². The van der Waals surface area contributed by atoms with Crippen molar-refractivity contribution in [2.24, 2.45) is 17.1 Å². The van der Waals surface area contributed by atoms with Crippen LogP contribution in [0.4, 0.5) is 9.59 Å². The molecule has 2 unspecified atom stereocenters. The Morgan fingerprint density at radius 2 is 1.84 bits per heavy atom. The standard InChI is InChI=1S/C13H26N2O4/c1-5-7-15-12(17)19-9-13(4,10(3)6-2)8-18-11(14)16/h10H,5-9H2,1-4H3,(H2,14,16)(H,15,17). The molecule has 19 heavy (non-hydrogen) atoms. The highest BCUT2D eigenvalue weighted by Gasteiger charge is 2.33. The van der Waals surface area contributed by atoms with Gasteiger partial charge in [0.1, 0.15) is 13.2 Å². The van der Waals surface area contributed by atoms with Gasteiger partial charge in [0, 0.05) is 12.0 Å². The van der Waals surface area contributed by atoms with E-state index in [0.717, 1.165) is 12.8 Å². The first-order valence-corrected chi connectivity index (χ1v) is 6.68. The Morgan fingerprint density at radius 3 is 2.32 bits per heavy atom. The van der Waals surface area contributed by atoms with Crippen LogP contribution in [0.1, 0.15) is 40.5 Å². The number of nitrogens with two attached hydrogens (primary N) is 1. The quantitative estimate of drug-likeness (QED) is 0.710. The third-order valence-corrected chi connectivity index (χ3v) is 3.40. The molecule has 0 bridgehead atoms. The lowest BCUT2D eigenvalue weighted by molar-refractivity contribution is 0.00577. The van der Waals surface area contributed by atoms with Crippen molar-refractivity contribution in [1.82, 2.24) is 5.32 Å². The molecule has 0 aliphatic rings. The minimum atomic E-state index is -0.815. The number of rotatable bonds is 8. The molecule has 112 valence electrons. The first-order valence-electron chi connectivity index (χ1n) is 6.68. The second-order valence-corrected chi connectivity index (χ2v) is 5.07. The largest absolute Gasteiger partial charge is 0.449 e. The Hall–Kier alpha value is -1.46. The summed E-state index contributed by atoms with van der Waals surface area (Å²) in [6, 6.07) is 0. The predicted octanol–water partition coefficient (Wildman–Crippen LogP) is 2.27. The summed E-state index contributed by atoms with van der Waals surface area (Å²) in [5.41, 5.74) is 4.54. The summed E-state index contributed by atoms with van der Waals surface area (Å²) in [6.07, 6.45) is 0.474. The van der Waals surface area contributed by atoms with Crippen LogP contribution in [0.3, 0.4) is 0 Å². The summed E-state index contributed by atoms with van der Waals surface area (Å²) in [6.45, 7) is 8.84. The number of alkyl carbamates (subject to hydrolysis) is 1. The van der Waals surface area contributed by atoms with Crippen molar-refractivity contribution in [2.45, 2.75) is 40.5 Å². The van der Waals surface area contributed by atoms with Crippen LogP contribution >= 0.6 is 0 Å². The molecule has 0 saturated heterocycles. The van der Waals surface area contributed by atoms with Crippen molar-refractivity contribution in [1.29, 1.82) is 0 Å². The van der Waals surface area contributed by atoms with Gasteiger partial charge in [-0.1, -0.05) is 34.1 Å². The maximum atomic E-state index is 11.4. The Morgan fingerprint density at radius 1 is 1.26 bits per heavy atom. The van der Waals surface area contributed by atoms with Gasteiger partial charge in [-0.05, 0) is 12.3 Å². The van der Waals surface area contributed by atoms with Gasteiger partial charge >= 0.3 is 12.2 Å². The second-order valence-electron chi connectivity index (χ2n) is 5.07. The number of nitrogens with one attached hydrogen (secondary N) is 1. The average Bonchev–Trinajstić information content (AvgIpc) is 2.39. The zero-order chi connectivity index (χ0) is 14.9. The van der Waals surface area contributed by atoms with Crippen LogP contribution < -0.4 is 11.1 Å². The SMILES string of the molecule is CCCNC(=O)OCC(C)(COC(N)=O)C(C)CC. The van der Waals surface area contributed by atoms with E-state index >= 15 is 0 Å². The van der Waals surface area contributed by atoms with Crippen molar-refractivity contribution in [2.75, 3.05) is 19.8 Å². The number of carbonyl (C=O) groups excluding carboxylic acids is 2. The third-order valence-electron chi connectivity index (χ3n) is 3.40. The summed E-state index contributed by atoms with van der Waals surface area (Å²) in [4.78, 5) is 22.1. The van der Waals surface area contributed by atoms with Crippen LogP contribution in [-0.4, -0.2) is 31.9 Å². The van der Waals surface area contributed by atoms with Crippen molar-refractivity contribution in [3.8, 4) is 0 Å². The normalized spacial score (nSPS) is 15.2. The van der Waals surface area contributed by atoms with Crippen LogP contribution in [0.5, 0.6) is 0 Å². The topological polar surface area (TPSA) is 90.7 Å². The van der Waals surface area contributed by atoms with Gasteiger partial charge in [-0.2, -0.15) is 0 Å². The Balaban J connectivity index is 4.41. The van der Waals surface area contributed by atoms with E-state index < -0.39 is 17.6 Å². The summed E-state index contributed by atoms with van der Waals surface area (Å²) < 4.78 is 10.1. The van der Waals surface area contributed by atoms with Gasteiger partial charge in [-0.3, -0.25) is 0 Å². The highest BCUT2D eigenvalue weighted by Crippen LogP contribution is 2.30.